The molecule has 0 radical (unpaired) electrons. The summed E-state index contributed by atoms with van der Waals surface area (Å²) in [5.74, 6) is 0. The van der Waals surface area contributed by atoms with Crippen LogP contribution in [0, 0.1) is 13.8 Å². The molecule has 2 aromatic rings. The lowest BCUT2D eigenvalue weighted by Gasteiger charge is -2.15. The molecular formula is C16H21N3. The van der Waals surface area contributed by atoms with Gasteiger partial charge in [0.1, 0.15) is 0 Å². The van der Waals surface area contributed by atoms with Crippen LogP contribution < -0.4 is 5.32 Å². The summed E-state index contributed by atoms with van der Waals surface area (Å²) in [7, 11) is 2.05. The topological polar surface area (TPSA) is 29.9 Å². The van der Waals surface area contributed by atoms with Gasteiger partial charge >= 0.3 is 0 Å². The van der Waals surface area contributed by atoms with E-state index in [9.17, 15) is 0 Å². The van der Waals surface area contributed by atoms with E-state index in [0.29, 0.717) is 6.04 Å². The van der Waals surface area contributed by atoms with Crippen LogP contribution in [0.4, 0.5) is 0 Å². The molecule has 1 aromatic carbocycles. The highest BCUT2D eigenvalue weighted by atomic mass is 15.3. The number of nitrogens with one attached hydrogen (secondary N) is 1. The van der Waals surface area contributed by atoms with Crippen molar-refractivity contribution in [2.75, 3.05) is 6.54 Å². The summed E-state index contributed by atoms with van der Waals surface area (Å²) in [5.41, 5.74) is 6.54. The van der Waals surface area contributed by atoms with E-state index in [1.807, 2.05) is 17.9 Å². The number of rotatable bonds is 2. The largest absolute Gasteiger partial charge is 0.309 e. The van der Waals surface area contributed by atoms with Crippen LogP contribution in [0.25, 0.3) is 11.1 Å². The van der Waals surface area contributed by atoms with Gasteiger partial charge in [0, 0.05) is 18.7 Å². The Balaban J connectivity index is 2.12. The molecular weight excluding hydrogens is 234 g/mol. The molecule has 3 nitrogen and oxygen atoms in total. The minimum Gasteiger partial charge on any atom is -0.309 e. The Morgan fingerprint density at radius 1 is 1.26 bits per heavy atom. The van der Waals surface area contributed by atoms with Crippen LogP contribution in [-0.2, 0) is 7.05 Å². The van der Waals surface area contributed by atoms with Crippen molar-refractivity contribution < 1.29 is 0 Å². The minimum absolute atomic E-state index is 0.447. The molecule has 1 aliphatic heterocycles. The molecule has 1 unspecified atom stereocenters. The Kier molecular flexibility index (Phi) is 3.15. The number of hydrogen-bond donors (Lipinski definition) is 1. The van der Waals surface area contributed by atoms with E-state index in [2.05, 4.69) is 42.5 Å². The summed E-state index contributed by atoms with van der Waals surface area (Å²) in [6, 6.07) is 7.08. The first-order valence-electron chi connectivity index (χ1n) is 6.99. The second-order valence-electron chi connectivity index (χ2n) is 5.53. The van der Waals surface area contributed by atoms with Crippen molar-refractivity contribution in [3.8, 4) is 11.1 Å². The van der Waals surface area contributed by atoms with Crippen molar-refractivity contribution in [3.05, 3.63) is 41.2 Å². The third kappa shape index (κ3) is 2.19. The zero-order valence-corrected chi connectivity index (χ0v) is 11.9. The second-order valence-corrected chi connectivity index (χ2v) is 5.53. The molecule has 1 aliphatic rings. The van der Waals surface area contributed by atoms with E-state index in [1.165, 1.54) is 40.8 Å². The third-order valence-corrected chi connectivity index (χ3v) is 4.06. The fraction of sp³-hybridized carbons (Fsp3) is 0.438. The Morgan fingerprint density at radius 3 is 2.84 bits per heavy atom. The minimum atomic E-state index is 0.447. The summed E-state index contributed by atoms with van der Waals surface area (Å²) < 4.78 is 2.03. The lowest BCUT2D eigenvalue weighted by Crippen LogP contribution is -2.17. The van der Waals surface area contributed by atoms with Crippen LogP contribution in [-0.4, -0.2) is 16.3 Å². The average Bonchev–Trinajstić information content (AvgIpc) is 3.01. The second kappa shape index (κ2) is 4.82. The van der Waals surface area contributed by atoms with Gasteiger partial charge in [-0.1, -0.05) is 23.8 Å². The van der Waals surface area contributed by atoms with Crippen LogP contribution in [0.3, 0.4) is 0 Å². The highest BCUT2D eigenvalue weighted by Gasteiger charge is 2.24. The van der Waals surface area contributed by atoms with E-state index in [4.69, 9.17) is 0 Å². The van der Waals surface area contributed by atoms with E-state index in [1.54, 1.807) is 0 Å². The van der Waals surface area contributed by atoms with Gasteiger partial charge in [0.2, 0.25) is 0 Å². The molecule has 1 N–H and O–H groups in total. The fourth-order valence-electron chi connectivity index (χ4n) is 3.01. The van der Waals surface area contributed by atoms with E-state index in [-0.39, 0.29) is 0 Å². The Hall–Kier alpha value is -1.61. The third-order valence-electron chi connectivity index (χ3n) is 4.06. The molecule has 1 fully saturated rings. The van der Waals surface area contributed by atoms with Crippen LogP contribution in [0.5, 0.6) is 0 Å². The van der Waals surface area contributed by atoms with Gasteiger partial charge < -0.3 is 5.32 Å². The molecule has 1 aromatic heterocycles. The Labute approximate surface area is 114 Å². The highest BCUT2D eigenvalue weighted by molar-refractivity contribution is 5.70. The van der Waals surface area contributed by atoms with Gasteiger partial charge in [-0.3, -0.25) is 4.68 Å². The van der Waals surface area contributed by atoms with Gasteiger partial charge in [0.05, 0.1) is 11.9 Å². The maximum atomic E-state index is 4.48. The molecule has 19 heavy (non-hydrogen) atoms. The first kappa shape index (κ1) is 12.4. The van der Waals surface area contributed by atoms with Crippen molar-refractivity contribution in [2.45, 2.75) is 32.7 Å². The first-order valence-corrected chi connectivity index (χ1v) is 6.99. The number of aromatic nitrogens is 2. The van der Waals surface area contributed by atoms with Crippen LogP contribution >= 0.6 is 0 Å². The van der Waals surface area contributed by atoms with E-state index in [0.717, 1.165) is 6.54 Å². The van der Waals surface area contributed by atoms with Gasteiger partial charge in [-0.15, -0.1) is 0 Å². The maximum absolute atomic E-state index is 4.48. The van der Waals surface area contributed by atoms with Gasteiger partial charge in [-0.2, -0.15) is 5.10 Å². The van der Waals surface area contributed by atoms with E-state index < -0.39 is 0 Å². The Bertz CT molecular complexity index is 592. The first-order chi connectivity index (χ1) is 9.16. The van der Waals surface area contributed by atoms with Gasteiger partial charge in [-0.25, -0.2) is 0 Å². The molecule has 1 saturated heterocycles. The summed E-state index contributed by atoms with van der Waals surface area (Å²) in [4.78, 5) is 0. The summed E-state index contributed by atoms with van der Waals surface area (Å²) in [5, 5.41) is 8.07. The average molecular weight is 255 g/mol. The maximum Gasteiger partial charge on any atom is 0.0628 e. The van der Waals surface area contributed by atoms with Crippen molar-refractivity contribution in [1.82, 2.24) is 15.1 Å². The fourth-order valence-corrected chi connectivity index (χ4v) is 3.01. The van der Waals surface area contributed by atoms with Crippen LogP contribution in [0.15, 0.2) is 24.4 Å². The van der Waals surface area contributed by atoms with Gasteiger partial charge in [-0.05, 0) is 44.4 Å². The summed E-state index contributed by atoms with van der Waals surface area (Å²) >= 11 is 0. The number of nitrogens with zero attached hydrogens (tertiary/aromatic N) is 2. The number of aryl methyl sites for hydroxylation is 3. The molecule has 0 saturated carbocycles. The van der Waals surface area contributed by atoms with Crippen molar-refractivity contribution in [2.24, 2.45) is 7.05 Å². The predicted octanol–water partition coefficient (Wildman–Crippen LogP) is 3.13. The molecule has 0 aliphatic carbocycles. The molecule has 0 amide bonds. The zero-order valence-electron chi connectivity index (χ0n) is 11.9. The summed E-state index contributed by atoms with van der Waals surface area (Å²) in [6.07, 6.45) is 4.47. The van der Waals surface area contributed by atoms with Crippen molar-refractivity contribution >= 4 is 0 Å². The molecule has 1 atom stereocenters. The van der Waals surface area contributed by atoms with Crippen molar-refractivity contribution in [3.63, 3.8) is 0 Å². The molecule has 0 bridgehead atoms. The smallest absolute Gasteiger partial charge is 0.0628 e. The quantitative estimate of drug-likeness (QED) is 0.893. The number of benzene rings is 1. The lowest BCUT2D eigenvalue weighted by atomic mass is 9.96. The highest BCUT2D eigenvalue weighted by Crippen LogP contribution is 2.34. The standard InChI is InChI=1S/C16H21N3/c1-11-6-7-12(2)13(9-11)14-10-18-19(3)16(14)15-5-4-8-17-15/h6-7,9-10,15,17H,4-5,8H2,1-3H3. The molecule has 3 rings (SSSR count). The number of hydrogen-bond acceptors (Lipinski definition) is 2. The molecule has 2 heterocycles. The summed E-state index contributed by atoms with van der Waals surface area (Å²) in [6.45, 7) is 5.43. The Morgan fingerprint density at radius 2 is 2.11 bits per heavy atom. The normalized spacial score (nSPS) is 19.0. The molecule has 0 spiro atoms. The van der Waals surface area contributed by atoms with Gasteiger partial charge in [0.15, 0.2) is 0 Å². The lowest BCUT2D eigenvalue weighted by molar-refractivity contribution is 0.575. The molecule has 100 valence electrons. The van der Waals surface area contributed by atoms with Gasteiger partial charge in [0.25, 0.3) is 0 Å². The predicted molar refractivity (Wildman–Crippen MR) is 78.1 cm³/mol. The SMILES string of the molecule is Cc1ccc(C)c(-c2cnn(C)c2C2CCCN2)c1. The molecule has 3 heteroatoms. The zero-order chi connectivity index (χ0) is 13.4. The van der Waals surface area contributed by atoms with Crippen LogP contribution in [0.2, 0.25) is 0 Å². The van der Waals surface area contributed by atoms with E-state index >= 15 is 0 Å². The van der Waals surface area contributed by atoms with Crippen LogP contribution in [0.1, 0.15) is 35.7 Å². The monoisotopic (exact) mass is 255 g/mol. The van der Waals surface area contributed by atoms with Crippen molar-refractivity contribution in [1.29, 1.82) is 0 Å².